The average Bonchev–Trinajstić information content (AvgIpc) is 2.35. The van der Waals surface area contributed by atoms with E-state index in [1.165, 1.54) is 12.1 Å². The van der Waals surface area contributed by atoms with Crippen LogP contribution in [0, 0.1) is 27.7 Å². The lowest BCUT2D eigenvalue weighted by Crippen LogP contribution is -2.06. The zero-order valence-corrected chi connectivity index (χ0v) is 15.8. The van der Waals surface area contributed by atoms with Crippen LogP contribution >= 0.6 is 9.83 Å². The topological polar surface area (TPSA) is 68.3 Å². The van der Waals surface area contributed by atoms with E-state index >= 15 is 0 Å². The highest BCUT2D eigenvalue weighted by atomic mass is 33.5. The van der Waals surface area contributed by atoms with Gasteiger partial charge in [-0.2, -0.15) is 0 Å². The predicted octanol–water partition coefficient (Wildman–Crippen LogP) is 3.73. The molecule has 0 aliphatic heterocycles. The first-order valence-corrected chi connectivity index (χ1v) is 11.7. The van der Waals surface area contributed by atoms with Crippen molar-refractivity contribution in [1.29, 1.82) is 0 Å². The van der Waals surface area contributed by atoms with E-state index in [1.54, 1.807) is 38.1 Å². The fourth-order valence-electron chi connectivity index (χ4n) is 2.35. The molecule has 2 aromatic carbocycles. The maximum Gasteiger partial charge on any atom is 0.245 e. The zero-order valence-electron chi connectivity index (χ0n) is 13.3. The summed E-state index contributed by atoms with van der Waals surface area (Å²) in [6, 6.07) is 9.65. The van der Waals surface area contributed by atoms with Gasteiger partial charge in [0.15, 0.2) is 0 Å². The zero-order chi connectivity index (χ0) is 17.4. The van der Waals surface area contributed by atoms with Crippen molar-refractivity contribution < 1.29 is 16.8 Å². The van der Waals surface area contributed by atoms with Crippen molar-refractivity contribution in [3.05, 3.63) is 58.7 Å². The Morgan fingerprint density at radius 3 is 1.30 bits per heavy atom. The monoisotopic (exact) mass is 370 g/mol. The standard InChI is InChI=1S/C16H18O4S3/c1-11-5-7-15(13(3)9-11)22(17,18)21-23(19,20)16-8-6-12(2)10-14(16)4/h5-10H,1-4H3. The number of aryl methyl sites for hydroxylation is 4. The van der Waals surface area contributed by atoms with Crippen LogP contribution in [0.15, 0.2) is 46.2 Å². The Bertz CT molecular complexity index is 879. The molecular formula is C16H18O4S3. The third kappa shape index (κ3) is 3.97. The Morgan fingerprint density at radius 1 is 0.652 bits per heavy atom. The quantitative estimate of drug-likeness (QED) is 0.767. The van der Waals surface area contributed by atoms with E-state index < -0.39 is 17.7 Å². The van der Waals surface area contributed by atoms with E-state index in [-0.39, 0.29) is 19.6 Å². The molecule has 0 heterocycles. The van der Waals surface area contributed by atoms with Gasteiger partial charge in [0.1, 0.15) is 9.83 Å². The van der Waals surface area contributed by atoms with Crippen LogP contribution in [0.4, 0.5) is 0 Å². The summed E-state index contributed by atoms with van der Waals surface area (Å²) in [6.45, 7) is 7.01. The molecule has 0 radical (unpaired) electrons. The van der Waals surface area contributed by atoms with Crippen molar-refractivity contribution in [1.82, 2.24) is 0 Å². The molecule has 23 heavy (non-hydrogen) atoms. The van der Waals surface area contributed by atoms with Gasteiger partial charge in [0.25, 0.3) is 0 Å². The van der Waals surface area contributed by atoms with Crippen LogP contribution in [-0.2, 0) is 17.7 Å². The first-order chi connectivity index (χ1) is 10.5. The molecule has 0 saturated carbocycles. The van der Waals surface area contributed by atoms with Crippen LogP contribution in [0.3, 0.4) is 0 Å². The summed E-state index contributed by atoms with van der Waals surface area (Å²) in [4.78, 5) is 0.0582. The van der Waals surface area contributed by atoms with Crippen LogP contribution in [0.25, 0.3) is 0 Å². The summed E-state index contributed by atoms with van der Waals surface area (Å²) >= 11 is 0. The average molecular weight is 371 g/mol. The van der Waals surface area contributed by atoms with Gasteiger partial charge in [-0.3, -0.25) is 0 Å². The number of hydrogen-bond acceptors (Lipinski definition) is 5. The van der Waals surface area contributed by atoms with E-state index in [1.807, 2.05) is 13.8 Å². The molecule has 0 unspecified atom stereocenters. The van der Waals surface area contributed by atoms with Crippen molar-refractivity contribution >= 4 is 27.6 Å². The Labute approximate surface area is 140 Å². The summed E-state index contributed by atoms with van der Waals surface area (Å²) in [7, 11) is -8.03. The Hall–Kier alpha value is -1.31. The van der Waals surface area contributed by atoms with Crippen molar-refractivity contribution in [2.45, 2.75) is 37.5 Å². The van der Waals surface area contributed by atoms with Crippen LogP contribution in [-0.4, -0.2) is 16.8 Å². The molecule has 0 spiro atoms. The Morgan fingerprint density at radius 2 is 1.00 bits per heavy atom. The van der Waals surface area contributed by atoms with E-state index in [9.17, 15) is 16.8 Å². The second kappa shape index (κ2) is 6.30. The van der Waals surface area contributed by atoms with Gasteiger partial charge in [-0.15, -0.1) is 0 Å². The summed E-state index contributed by atoms with van der Waals surface area (Å²) in [6.07, 6.45) is 0. The normalized spacial score (nSPS) is 12.3. The van der Waals surface area contributed by atoms with Crippen molar-refractivity contribution in [2.24, 2.45) is 0 Å². The summed E-state index contributed by atoms with van der Waals surface area (Å²) in [5.74, 6) is 0. The molecule has 2 rings (SSSR count). The molecule has 0 saturated heterocycles. The number of rotatable bonds is 4. The molecule has 0 aliphatic carbocycles. The van der Waals surface area contributed by atoms with Gasteiger partial charge < -0.3 is 0 Å². The molecule has 0 amide bonds. The van der Waals surface area contributed by atoms with Gasteiger partial charge in [0.05, 0.1) is 9.79 Å². The minimum Gasteiger partial charge on any atom is -0.211 e. The Balaban J connectivity index is 2.47. The molecule has 0 aliphatic rings. The lowest BCUT2D eigenvalue weighted by molar-refractivity contribution is 0.608. The van der Waals surface area contributed by atoms with E-state index in [2.05, 4.69) is 0 Å². The van der Waals surface area contributed by atoms with Gasteiger partial charge in [-0.25, -0.2) is 16.8 Å². The lowest BCUT2D eigenvalue weighted by atomic mass is 10.2. The maximum atomic E-state index is 12.5. The molecule has 0 N–H and O–H groups in total. The van der Waals surface area contributed by atoms with E-state index in [4.69, 9.17) is 0 Å². The van der Waals surface area contributed by atoms with Gasteiger partial charge in [-0.05, 0) is 51.0 Å². The first kappa shape index (κ1) is 18.0. The van der Waals surface area contributed by atoms with Crippen molar-refractivity contribution in [2.75, 3.05) is 0 Å². The summed E-state index contributed by atoms with van der Waals surface area (Å²) in [5, 5.41) is 0. The smallest absolute Gasteiger partial charge is 0.211 e. The van der Waals surface area contributed by atoms with Gasteiger partial charge in [0, 0.05) is 0 Å². The molecule has 0 atom stereocenters. The molecule has 4 nitrogen and oxygen atoms in total. The third-order valence-electron chi connectivity index (χ3n) is 3.38. The van der Waals surface area contributed by atoms with Gasteiger partial charge >= 0.3 is 0 Å². The molecule has 0 bridgehead atoms. The highest BCUT2D eigenvalue weighted by Gasteiger charge is 2.29. The Kier molecular flexibility index (Phi) is 4.94. The van der Waals surface area contributed by atoms with E-state index in [0.717, 1.165) is 11.1 Å². The van der Waals surface area contributed by atoms with Crippen molar-refractivity contribution in [3.8, 4) is 0 Å². The second-order valence-corrected chi connectivity index (χ2v) is 12.6. The minimum absolute atomic E-state index is 0.00514. The SMILES string of the molecule is Cc1ccc(S(=O)(=O)SS(=O)(=O)c2ccc(C)cc2C)c(C)c1. The van der Waals surface area contributed by atoms with Crippen LogP contribution < -0.4 is 0 Å². The lowest BCUT2D eigenvalue weighted by Gasteiger charge is -2.10. The van der Waals surface area contributed by atoms with Crippen molar-refractivity contribution in [3.63, 3.8) is 0 Å². The van der Waals surface area contributed by atoms with Crippen LogP contribution in [0.2, 0.25) is 0 Å². The molecule has 7 heteroatoms. The highest BCUT2D eigenvalue weighted by Crippen LogP contribution is 2.36. The molecule has 0 fully saturated rings. The predicted molar refractivity (Wildman–Crippen MR) is 93.8 cm³/mol. The maximum absolute atomic E-state index is 12.5. The summed E-state index contributed by atoms with van der Waals surface area (Å²) < 4.78 is 50.1. The molecule has 0 aromatic heterocycles. The molecule has 2 aromatic rings. The largest absolute Gasteiger partial charge is 0.245 e. The van der Waals surface area contributed by atoms with Crippen LogP contribution in [0.5, 0.6) is 0 Å². The van der Waals surface area contributed by atoms with E-state index in [0.29, 0.717) is 11.1 Å². The summed E-state index contributed by atoms with van der Waals surface area (Å²) in [5.41, 5.74) is 2.91. The second-order valence-electron chi connectivity index (χ2n) is 5.51. The fourth-order valence-corrected chi connectivity index (χ4v) is 9.82. The molecule has 124 valence electrons. The molecular weight excluding hydrogens is 352 g/mol. The minimum atomic E-state index is -4.01. The highest BCUT2D eigenvalue weighted by molar-refractivity contribution is 9.04. The first-order valence-electron chi connectivity index (χ1n) is 6.88. The number of hydrogen-bond donors (Lipinski definition) is 0. The number of benzene rings is 2. The van der Waals surface area contributed by atoms with Gasteiger partial charge in [0.2, 0.25) is 17.7 Å². The van der Waals surface area contributed by atoms with Gasteiger partial charge in [-0.1, -0.05) is 35.4 Å². The fraction of sp³-hybridized carbons (Fsp3) is 0.250. The van der Waals surface area contributed by atoms with Crippen LogP contribution in [0.1, 0.15) is 22.3 Å². The third-order valence-corrected chi connectivity index (χ3v) is 11.1.